The summed E-state index contributed by atoms with van der Waals surface area (Å²) in [6.07, 6.45) is 3.54. The van der Waals surface area contributed by atoms with Gasteiger partial charge in [0, 0.05) is 38.7 Å². The van der Waals surface area contributed by atoms with Crippen molar-refractivity contribution in [3.8, 4) is 0 Å². The zero-order valence-electron chi connectivity index (χ0n) is 17.2. The first kappa shape index (κ1) is 20.5. The molecule has 2 heterocycles. The van der Waals surface area contributed by atoms with Crippen LogP contribution in [0.5, 0.6) is 0 Å². The standard InChI is InChI=1S/C23H25N3O3/c1-5-26-21(28)19(14-18-12-9-13-24-20(18)16(2)27)25(4)22(29)23(26,3)15-17-10-7-6-8-11-17/h6-14H,5,15H2,1-4H3/b19-14-. The number of aromatic nitrogens is 1. The third-order valence-corrected chi connectivity index (χ3v) is 5.36. The third kappa shape index (κ3) is 3.70. The van der Waals surface area contributed by atoms with E-state index in [2.05, 4.69) is 4.98 Å². The molecule has 0 saturated carbocycles. The van der Waals surface area contributed by atoms with Crippen LogP contribution in [0, 0.1) is 0 Å². The average Bonchev–Trinajstić information content (AvgIpc) is 2.71. The summed E-state index contributed by atoms with van der Waals surface area (Å²) in [7, 11) is 1.60. The number of carbonyl (C=O) groups excluding carboxylic acids is 3. The van der Waals surface area contributed by atoms with Gasteiger partial charge < -0.3 is 9.80 Å². The van der Waals surface area contributed by atoms with Gasteiger partial charge in [-0.25, -0.2) is 0 Å². The topological polar surface area (TPSA) is 70.6 Å². The fourth-order valence-corrected chi connectivity index (χ4v) is 3.88. The monoisotopic (exact) mass is 391 g/mol. The Morgan fingerprint density at radius 1 is 1.14 bits per heavy atom. The molecule has 6 heteroatoms. The van der Waals surface area contributed by atoms with E-state index >= 15 is 0 Å². The van der Waals surface area contributed by atoms with Crippen molar-refractivity contribution in [1.29, 1.82) is 0 Å². The van der Waals surface area contributed by atoms with Gasteiger partial charge in [-0.1, -0.05) is 36.4 Å². The first-order valence-electron chi connectivity index (χ1n) is 9.61. The largest absolute Gasteiger partial charge is 0.323 e. The van der Waals surface area contributed by atoms with Crippen molar-refractivity contribution in [2.24, 2.45) is 0 Å². The van der Waals surface area contributed by atoms with Crippen LogP contribution in [0.3, 0.4) is 0 Å². The molecule has 1 aromatic carbocycles. The minimum absolute atomic E-state index is 0.165. The molecule has 1 unspecified atom stereocenters. The first-order chi connectivity index (χ1) is 13.8. The zero-order chi connectivity index (χ0) is 21.2. The van der Waals surface area contributed by atoms with Crippen molar-refractivity contribution in [3.05, 3.63) is 71.2 Å². The highest BCUT2D eigenvalue weighted by molar-refractivity contribution is 6.09. The summed E-state index contributed by atoms with van der Waals surface area (Å²) in [6.45, 7) is 5.49. The molecule has 1 atom stereocenters. The van der Waals surface area contributed by atoms with Crippen LogP contribution in [0.1, 0.15) is 42.4 Å². The smallest absolute Gasteiger partial charge is 0.271 e. The Balaban J connectivity index is 2.04. The Labute approximate surface area is 170 Å². The number of pyridine rings is 1. The molecule has 1 aromatic heterocycles. The van der Waals surface area contributed by atoms with Crippen LogP contribution in [0.2, 0.25) is 0 Å². The lowest BCUT2D eigenvalue weighted by atomic mass is 9.86. The fourth-order valence-electron chi connectivity index (χ4n) is 3.88. The van der Waals surface area contributed by atoms with Crippen LogP contribution in [0.25, 0.3) is 6.08 Å². The van der Waals surface area contributed by atoms with Gasteiger partial charge in [-0.05, 0) is 31.6 Å². The summed E-state index contributed by atoms with van der Waals surface area (Å²) in [5, 5.41) is 0. The molecule has 3 rings (SSSR count). The van der Waals surface area contributed by atoms with Crippen LogP contribution < -0.4 is 0 Å². The summed E-state index contributed by atoms with van der Waals surface area (Å²) >= 11 is 0. The molecule has 0 radical (unpaired) electrons. The number of benzene rings is 1. The highest BCUT2D eigenvalue weighted by Gasteiger charge is 2.49. The van der Waals surface area contributed by atoms with E-state index in [1.165, 1.54) is 18.0 Å². The summed E-state index contributed by atoms with van der Waals surface area (Å²) < 4.78 is 0. The second kappa shape index (κ2) is 7.99. The maximum absolute atomic E-state index is 13.4. The van der Waals surface area contributed by atoms with Gasteiger partial charge in [0.2, 0.25) is 0 Å². The summed E-state index contributed by atoms with van der Waals surface area (Å²) in [4.78, 5) is 45.8. The van der Waals surface area contributed by atoms with Crippen LogP contribution in [0.15, 0.2) is 54.4 Å². The number of ketones is 1. The second-order valence-corrected chi connectivity index (χ2v) is 7.38. The van der Waals surface area contributed by atoms with Gasteiger partial charge >= 0.3 is 0 Å². The molecule has 29 heavy (non-hydrogen) atoms. The van der Waals surface area contributed by atoms with E-state index in [0.717, 1.165) is 5.56 Å². The van der Waals surface area contributed by atoms with Gasteiger partial charge in [0.1, 0.15) is 16.9 Å². The molecule has 2 aromatic rings. The lowest BCUT2D eigenvalue weighted by Crippen LogP contribution is -2.65. The van der Waals surface area contributed by atoms with E-state index in [1.807, 2.05) is 44.2 Å². The number of hydrogen-bond acceptors (Lipinski definition) is 4. The molecule has 0 aliphatic carbocycles. The minimum Gasteiger partial charge on any atom is -0.323 e. The van der Waals surface area contributed by atoms with Gasteiger partial charge in [0.05, 0.1) is 0 Å². The molecule has 1 fully saturated rings. The van der Waals surface area contributed by atoms with Gasteiger partial charge in [-0.2, -0.15) is 0 Å². The van der Waals surface area contributed by atoms with Crippen LogP contribution in [0.4, 0.5) is 0 Å². The number of carbonyl (C=O) groups is 3. The van der Waals surface area contributed by atoms with E-state index in [9.17, 15) is 14.4 Å². The summed E-state index contributed by atoms with van der Waals surface area (Å²) in [6, 6.07) is 13.1. The van der Waals surface area contributed by atoms with Crippen molar-refractivity contribution in [2.75, 3.05) is 13.6 Å². The van der Waals surface area contributed by atoms with Crippen molar-refractivity contribution >= 4 is 23.7 Å². The predicted molar refractivity (Wildman–Crippen MR) is 111 cm³/mol. The molecule has 0 spiro atoms. The second-order valence-electron chi connectivity index (χ2n) is 7.38. The number of hydrogen-bond donors (Lipinski definition) is 0. The third-order valence-electron chi connectivity index (χ3n) is 5.36. The normalized spacial score (nSPS) is 21.0. The molecule has 1 aliphatic rings. The number of amides is 2. The molecule has 150 valence electrons. The van der Waals surface area contributed by atoms with Crippen LogP contribution >= 0.6 is 0 Å². The number of Topliss-reactive ketones (excluding diaryl/α,β-unsaturated/α-hetero) is 1. The van der Waals surface area contributed by atoms with Crippen molar-refractivity contribution in [1.82, 2.24) is 14.8 Å². The van der Waals surface area contributed by atoms with Gasteiger partial charge in [0.15, 0.2) is 5.78 Å². The maximum Gasteiger partial charge on any atom is 0.271 e. The number of rotatable bonds is 5. The minimum atomic E-state index is -0.988. The average molecular weight is 391 g/mol. The first-order valence-corrected chi connectivity index (χ1v) is 9.61. The number of nitrogens with zero attached hydrogens (tertiary/aromatic N) is 3. The van der Waals surface area contributed by atoms with Gasteiger partial charge in [-0.3, -0.25) is 19.4 Å². The van der Waals surface area contributed by atoms with Gasteiger partial charge in [0.25, 0.3) is 11.8 Å². The van der Waals surface area contributed by atoms with Gasteiger partial charge in [-0.15, -0.1) is 0 Å². The highest BCUT2D eigenvalue weighted by Crippen LogP contribution is 2.32. The van der Waals surface area contributed by atoms with E-state index in [-0.39, 0.29) is 29.0 Å². The Hall–Kier alpha value is -3.28. The molecule has 0 bridgehead atoms. The SMILES string of the molecule is CCN1C(=O)/C(=C/c2cccnc2C(C)=O)N(C)C(=O)C1(C)Cc1ccccc1. The maximum atomic E-state index is 13.4. The Kier molecular flexibility index (Phi) is 5.64. The molecule has 6 nitrogen and oxygen atoms in total. The molecular formula is C23H25N3O3. The van der Waals surface area contributed by atoms with Crippen molar-refractivity contribution in [3.63, 3.8) is 0 Å². The van der Waals surface area contributed by atoms with E-state index < -0.39 is 5.54 Å². The lowest BCUT2D eigenvalue weighted by molar-refractivity contribution is -0.157. The lowest BCUT2D eigenvalue weighted by Gasteiger charge is -2.47. The predicted octanol–water partition coefficient (Wildman–Crippen LogP) is 2.95. The number of likely N-dealkylation sites (N-methyl/N-ethyl adjacent to an activating group) is 2. The zero-order valence-corrected chi connectivity index (χ0v) is 17.2. The van der Waals surface area contributed by atoms with Crippen molar-refractivity contribution < 1.29 is 14.4 Å². The molecule has 1 aliphatic heterocycles. The van der Waals surface area contributed by atoms with Crippen LogP contribution in [-0.2, 0) is 16.0 Å². The Morgan fingerprint density at radius 2 is 1.83 bits per heavy atom. The Bertz CT molecular complexity index is 984. The van der Waals surface area contributed by atoms with Crippen LogP contribution in [-0.4, -0.2) is 51.5 Å². The molecule has 1 saturated heterocycles. The molecule has 0 N–H and O–H groups in total. The molecule has 2 amide bonds. The fraction of sp³-hybridized carbons (Fsp3) is 0.304. The highest BCUT2D eigenvalue weighted by atomic mass is 16.2. The van der Waals surface area contributed by atoms with E-state index in [1.54, 1.807) is 30.2 Å². The quantitative estimate of drug-likeness (QED) is 0.580. The summed E-state index contributed by atoms with van der Waals surface area (Å²) in [5.74, 6) is -0.607. The Morgan fingerprint density at radius 3 is 2.45 bits per heavy atom. The number of piperazine rings is 1. The van der Waals surface area contributed by atoms with E-state index in [0.29, 0.717) is 18.5 Å². The summed E-state index contributed by atoms with van der Waals surface area (Å²) in [5.41, 5.74) is 1.02. The molecular weight excluding hydrogens is 366 g/mol. The van der Waals surface area contributed by atoms with E-state index in [4.69, 9.17) is 0 Å². The van der Waals surface area contributed by atoms with Crippen molar-refractivity contribution in [2.45, 2.75) is 32.7 Å².